The van der Waals surface area contributed by atoms with Crippen LogP contribution in [0.15, 0.2) is 28.8 Å². The molecule has 0 aliphatic carbocycles. The summed E-state index contributed by atoms with van der Waals surface area (Å²) >= 11 is 0. The molecule has 3 N–H and O–H groups in total. The molecule has 3 aromatic rings. The largest absolute Gasteiger partial charge is 0.350 e. The number of likely N-dealkylation sites (N-methyl/N-ethyl adjacent to an activating group) is 1. The number of aromatic amines is 1. The van der Waals surface area contributed by atoms with E-state index in [-0.39, 0.29) is 11.9 Å². The molecule has 2 aromatic heterocycles. The molecule has 0 aliphatic rings. The molecular formula is C16H20N6O2. The van der Waals surface area contributed by atoms with Crippen molar-refractivity contribution >= 4 is 16.8 Å². The van der Waals surface area contributed by atoms with Crippen molar-refractivity contribution in [3.8, 4) is 0 Å². The molecule has 0 saturated carbocycles. The van der Waals surface area contributed by atoms with Gasteiger partial charge in [0.1, 0.15) is 0 Å². The summed E-state index contributed by atoms with van der Waals surface area (Å²) < 4.78 is 5.19. The molecule has 8 heteroatoms. The summed E-state index contributed by atoms with van der Waals surface area (Å²) in [6.45, 7) is 2.45. The number of hydrogen-bond acceptors (Lipinski definition) is 6. The van der Waals surface area contributed by atoms with Crippen LogP contribution in [0.5, 0.6) is 0 Å². The fourth-order valence-electron chi connectivity index (χ4n) is 2.35. The van der Waals surface area contributed by atoms with Crippen LogP contribution in [-0.2, 0) is 12.8 Å². The van der Waals surface area contributed by atoms with Gasteiger partial charge in [-0.15, -0.1) is 0 Å². The molecular weight excluding hydrogens is 308 g/mol. The fourth-order valence-corrected chi connectivity index (χ4v) is 2.35. The Hall–Kier alpha value is -2.74. The van der Waals surface area contributed by atoms with Gasteiger partial charge in [-0.1, -0.05) is 23.4 Å². The van der Waals surface area contributed by atoms with Gasteiger partial charge in [0.05, 0.1) is 5.52 Å². The van der Waals surface area contributed by atoms with E-state index < -0.39 is 0 Å². The Morgan fingerprint density at radius 3 is 3.04 bits per heavy atom. The van der Waals surface area contributed by atoms with Gasteiger partial charge in [-0.25, -0.2) is 0 Å². The third-order valence-corrected chi connectivity index (χ3v) is 3.80. The second-order valence-corrected chi connectivity index (χ2v) is 5.62. The van der Waals surface area contributed by atoms with Gasteiger partial charge in [-0.2, -0.15) is 10.1 Å². The number of nitrogens with zero attached hydrogens (tertiary/aromatic N) is 3. The Bertz CT molecular complexity index is 825. The molecule has 1 atom stereocenters. The number of carbonyl (C=O) groups excluding carboxylic acids is 1. The first-order valence-electron chi connectivity index (χ1n) is 7.87. The third-order valence-electron chi connectivity index (χ3n) is 3.80. The first-order chi connectivity index (χ1) is 11.7. The van der Waals surface area contributed by atoms with Crippen LogP contribution in [0.4, 0.5) is 0 Å². The summed E-state index contributed by atoms with van der Waals surface area (Å²) in [6, 6.07) is 7.79. The van der Waals surface area contributed by atoms with E-state index in [0.717, 1.165) is 10.9 Å². The van der Waals surface area contributed by atoms with Crippen LogP contribution < -0.4 is 10.6 Å². The topological polar surface area (TPSA) is 109 Å². The van der Waals surface area contributed by atoms with Crippen molar-refractivity contribution in [1.82, 2.24) is 31.0 Å². The summed E-state index contributed by atoms with van der Waals surface area (Å²) in [7, 11) is 1.89. The summed E-state index contributed by atoms with van der Waals surface area (Å²) in [5, 5.41) is 17.6. The Kier molecular flexibility index (Phi) is 4.85. The number of para-hydroxylation sites is 1. The Morgan fingerprint density at radius 2 is 2.21 bits per heavy atom. The maximum Gasteiger partial charge on any atom is 0.272 e. The number of amides is 1. The van der Waals surface area contributed by atoms with Crippen molar-refractivity contribution < 1.29 is 9.32 Å². The number of aromatic nitrogens is 4. The average molecular weight is 328 g/mol. The monoisotopic (exact) mass is 328 g/mol. The van der Waals surface area contributed by atoms with Gasteiger partial charge in [0.15, 0.2) is 11.5 Å². The normalized spacial score (nSPS) is 12.4. The van der Waals surface area contributed by atoms with Gasteiger partial charge in [0.25, 0.3) is 5.91 Å². The minimum Gasteiger partial charge on any atom is -0.350 e. The van der Waals surface area contributed by atoms with Crippen LogP contribution in [0, 0.1) is 0 Å². The molecule has 0 saturated heterocycles. The molecule has 3 rings (SSSR count). The van der Waals surface area contributed by atoms with E-state index >= 15 is 0 Å². The molecule has 126 valence electrons. The smallest absolute Gasteiger partial charge is 0.272 e. The first-order valence-corrected chi connectivity index (χ1v) is 7.87. The van der Waals surface area contributed by atoms with E-state index in [9.17, 15) is 4.79 Å². The highest BCUT2D eigenvalue weighted by Gasteiger charge is 2.14. The lowest BCUT2D eigenvalue weighted by Crippen LogP contribution is -2.26. The minimum absolute atomic E-state index is 0.226. The predicted molar refractivity (Wildman–Crippen MR) is 88.7 cm³/mol. The van der Waals surface area contributed by atoms with Gasteiger partial charge in [0, 0.05) is 30.8 Å². The summed E-state index contributed by atoms with van der Waals surface area (Å²) in [5.74, 6) is 0.952. The Balaban J connectivity index is 1.54. The van der Waals surface area contributed by atoms with Crippen molar-refractivity contribution in [2.24, 2.45) is 0 Å². The molecule has 1 aromatic carbocycles. The van der Waals surface area contributed by atoms with Crippen LogP contribution in [0.1, 0.15) is 29.1 Å². The van der Waals surface area contributed by atoms with Crippen molar-refractivity contribution in [2.45, 2.75) is 25.8 Å². The molecule has 24 heavy (non-hydrogen) atoms. The molecule has 2 heterocycles. The quantitative estimate of drug-likeness (QED) is 0.598. The molecule has 0 spiro atoms. The number of benzene rings is 1. The predicted octanol–water partition coefficient (Wildman–Crippen LogP) is 1.07. The van der Waals surface area contributed by atoms with Crippen molar-refractivity contribution in [3.05, 3.63) is 41.7 Å². The van der Waals surface area contributed by atoms with Crippen LogP contribution in [0.25, 0.3) is 10.9 Å². The number of H-pyrrole nitrogens is 1. The van der Waals surface area contributed by atoms with Gasteiger partial charge in [-0.3, -0.25) is 9.89 Å². The minimum atomic E-state index is -0.226. The third kappa shape index (κ3) is 3.60. The van der Waals surface area contributed by atoms with E-state index in [2.05, 4.69) is 31.0 Å². The van der Waals surface area contributed by atoms with Crippen molar-refractivity contribution in [2.75, 3.05) is 13.6 Å². The number of fused-ring (bicyclic) bond motifs is 1. The lowest BCUT2D eigenvalue weighted by Gasteiger charge is -2.04. The Labute approximate surface area is 139 Å². The zero-order valence-corrected chi connectivity index (χ0v) is 13.7. The van der Waals surface area contributed by atoms with E-state index in [4.69, 9.17) is 4.52 Å². The number of hydrogen-bond donors (Lipinski definition) is 3. The van der Waals surface area contributed by atoms with Crippen molar-refractivity contribution in [1.29, 1.82) is 0 Å². The van der Waals surface area contributed by atoms with E-state index in [1.54, 1.807) is 0 Å². The second-order valence-electron chi connectivity index (χ2n) is 5.62. The standard InChI is InChI=1S/C16H20N6O2/c1-10(17-2)9-13-19-14(24-22-13)7-8-18-16(23)15-11-5-3-4-6-12(11)20-21-15/h3-6,10,17H,7-9H2,1-2H3,(H,18,23)(H,20,21). The lowest BCUT2D eigenvalue weighted by molar-refractivity contribution is 0.0950. The highest BCUT2D eigenvalue weighted by molar-refractivity contribution is 6.04. The first kappa shape index (κ1) is 16.1. The van der Waals surface area contributed by atoms with Crippen LogP contribution in [-0.4, -0.2) is 45.9 Å². The zero-order chi connectivity index (χ0) is 16.9. The van der Waals surface area contributed by atoms with Crippen LogP contribution in [0.3, 0.4) is 0 Å². The van der Waals surface area contributed by atoms with Gasteiger partial charge >= 0.3 is 0 Å². The average Bonchev–Trinajstić information content (AvgIpc) is 3.21. The number of nitrogens with one attached hydrogen (secondary N) is 3. The maximum absolute atomic E-state index is 12.2. The lowest BCUT2D eigenvalue weighted by atomic mass is 10.2. The van der Waals surface area contributed by atoms with Crippen LogP contribution >= 0.6 is 0 Å². The van der Waals surface area contributed by atoms with Gasteiger partial charge in [0.2, 0.25) is 5.89 Å². The second kappa shape index (κ2) is 7.22. The maximum atomic E-state index is 12.2. The summed E-state index contributed by atoms with van der Waals surface area (Å²) in [5.41, 5.74) is 1.22. The zero-order valence-electron chi connectivity index (χ0n) is 13.7. The molecule has 0 radical (unpaired) electrons. The van der Waals surface area contributed by atoms with E-state index in [1.165, 1.54) is 0 Å². The highest BCUT2D eigenvalue weighted by Crippen LogP contribution is 2.14. The van der Waals surface area contributed by atoms with E-state index in [0.29, 0.717) is 36.8 Å². The molecule has 8 nitrogen and oxygen atoms in total. The van der Waals surface area contributed by atoms with Crippen molar-refractivity contribution in [3.63, 3.8) is 0 Å². The van der Waals surface area contributed by atoms with Gasteiger partial charge in [-0.05, 0) is 20.0 Å². The van der Waals surface area contributed by atoms with Crippen LogP contribution in [0.2, 0.25) is 0 Å². The fraction of sp³-hybridized carbons (Fsp3) is 0.375. The molecule has 0 fully saturated rings. The highest BCUT2D eigenvalue weighted by atomic mass is 16.5. The molecule has 1 unspecified atom stereocenters. The molecule has 1 amide bonds. The Morgan fingerprint density at radius 1 is 1.38 bits per heavy atom. The number of carbonyl (C=O) groups is 1. The molecule has 0 bridgehead atoms. The summed E-state index contributed by atoms with van der Waals surface area (Å²) in [4.78, 5) is 16.5. The van der Waals surface area contributed by atoms with Gasteiger partial charge < -0.3 is 15.2 Å². The summed E-state index contributed by atoms with van der Waals surface area (Å²) in [6.07, 6.45) is 1.18. The number of rotatable bonds is 7. The molecule has 0 aliphatic heterocycles. The SMILES string of the molecule is CNC(C)Cc1noc(CCNC(=O)c2n[nH]c3ccccc23)n1. The van der Waals surface area contributed by atoms with E-state index in [1.807, 2.05) is 38.2 Å².